The van der Waals surface area contributed by atoms with Gasteiger partial charge >= 0.3 is 0 Å². The van der Waals surface area contributed by atoms with Gasteiger partial charge in [0.05, 0.1) is 10.9 Å². The number of hydrogen-bond acceptors (Lipinski definition) is 0. The van der Waals surface area contributed by atoms with Gasteiger partial charge in [-0.3, -0.25) is 0 Å². The monoisotopic (exact) mass is 282 g/mol. The van der Waals surface area contributed by atoms with Gasteiger partial charge in [-0.05, 0) is 19.1 Å². The zero-order valence-corrected chi connectivity index (χ0v) is 12.8. The minimum Gasteiger partial charge on any atom is -0.186 e. The van der Waals surface area contributed by atoms with Crippen LogP contribution in [0.5, 0.6) is 0 Å². The van der Waals surface area contributed by atoms with Crippen molar-refractivity contribution in [1.29, 1.82) is 0 Å². The number of halogens is 1. The van der Waals surface area contributed by atoms with Crippen molar-refractivity contribution >= 4 is 33.8 Å². The molecule has 0 unspecified atom stereocenters. The third-order valence-electron chi connectivity index (χ3n) is 4.57. The molecule has 2 aliphatic rings. The molecule has 2 aromatic rings. The second-order valence-corrected chi connectivity index (χ2v) is 6.69. The summed E-state index contributed by atoms with van der Waals surface area (Å²) < 4.78 is 2.50. The fourth-order valence-electron chi connectivity index (χ4n) is 3.79. The highest BCUT2D eigenvalue weighted by Crippen LogP contribution is 2.47. The predicted molar refractivity (Wildman–Crippen MR) is 85.4 cm³/mol. The molecular formula is C18H17ClN+. The van der Waals surface area contributed by atoms with E-state index in [1.807, 2.05) is 6.07 Å². The molecule has 2 heteroatoms. The van der Waals surface area contributed by atoms with E-state index in [-0.39, 0.29) is 5.54 Å². The molecule has 0 aliphatic carbocycles. The molecule has 0 amide bonds. The van der Waals surface area contributed by atoms with Crippen molar-refractivity contribution in [3.8, 4) is 0 Å². The molecule has 2 aromatic carbocycles. The lowest BCUT2D eigenvalue weighted by Crippen LogP contribution is -2.28. The molecule has 0 N–H and O–H groups in total. The molecule has 0 aromatic heterocycles. The van der Waals surface area contributed by atoms with Gasteiger partial charge in [0.2, 0.25) is 11.4 Å². The number of nitrogens with zero attached hydrogens (tertiary/aromatic N) is 1. The molecule has 2 heterocycles. The maximum absolute atomic E-state index is 6.38. The van der Waals surface area contributed by atoms with Gasteiger partial charge in [0.25, 0.3) is 0 Å². The topological polar surface area (TPSA) is 3.01 Å². The van der Waals surface area contributed by atoms with Crippen LogP contribution in [0.1, 0.15) is 32.8 Å². The fourth-order valence-corrected chi connectivity index (χ4v) is 4.01. The first-order chi connectivity index (χ1) is 9.54. The molecule has 0 spiro atoms. The first kappa shape index (κ1) is 12.2. The zero-order valence-electron chi connectivity index (χ0n) is 12.0. The van der Waals surface area contributed by atoms with Gasteiger partial charge in [0, 0.05) is 42.3 Å². The Balaban J connectivity index is 2.18. The summed E-state index contributed by atoms with van der Waals surface area (Å²) >= 11 is 6.38. The average Bonchev–Trinajstić information content (AvgIpc) is 2.90. The summed E-state index contributed by atoms with van der Waals surface area (Å²) in [6, 6.07) is 10.7. The minimum atomic E-state index is 0.122. The van der Waals surface area contributed by atoms with E-state index in [9.17, 15) is 0 Å². The van der Waals surface area contributed by atoms with Crippen LogP contribution in [0.25, 0.3) is 10.8 Å². The average molecular weight is 283 g/mol. The third kappa shape index (κ3) is 1.31. The number of allylic oxidation sites excluding steroid dienone is 1. The van der Waals surface area contributed by atoms with Crippen LogP contribution in [0.4, 0.5) is 5.69 Å². The lowest BCUT2D eigenvalue weighted by molar-refractivity contribution is -0.512. The lowest BCUT2D eigenvalue weighted by atomic mass is 9.91. The number of benzene rings is 2. The van der Waals surface area contributed by atoms with E-state index in [1.165, 1.54) is 27.9 Å². The molecule has 2 aliphatic heterocycles. The molecule has 0 saturated heterocycles. The summed E-state index contributed by atoms with van der Waals surface area (Å²) in [4.78, 5) is 0. The summed E-state index contributed by atoms with van der Waals surface area (Å²) in [5.41, 5.74) is 5.57. The second-order valence-electron chi connectivity index (χ2n) is 6.28. The third-order valence-corrected chi connectivity index (χ3v) is 4.90. The van der Waals surface area contributed by atoms with Crippen molar-refractivity contribution in [3.63, 3.8) is 0 Å². The Morgan fingerprint density at radius 3 is 2.75 bits per heavy atom. The smallest absolute Gasteiger partial charge is 0.186 e. The summed E-state index contributed by atoms with van der Waals surface area (Å²) in [6.07, 6.45) is 3.35. The molecule has 0 atom stereocenters. The Labute approximate surface area is 124 Å². The van der Waals surface area contributed by atoms with E-state index in [4.69, 9.17) is 11.6 Å². The SMILES string of the molecule is CC=C1CC(C)(C)[N+]2=C1c1cccc3c(Cl)ccc2c13. The van der Waals surface area contributed by atoms with Crippen LogP contribution in [-0.4, -0.2) is 15.8 Å². The van der Waals surface area contributed by atoms with Crippen molar-refractivity contribution in [3.05, 3.63) is 52.6 Å². The van der Waals surface area contributed by atoms with E-state index >= 15 is 0 Å². The van der Waals surface area contributed by atoms with E-state index in [1.54, 1.807) is 0 Å². The molecule has 4 rings (SSSR count). The van der Waals surface area contributed by atoms with Crippen LogP contribution in [-0.2, 0) is 0 Å². The quantitative estimate of drug-likeness (QED) is 0.594. The minimum absolute atomic E-state index is 0.122. The van der Waals surface area contributed by atoms with Gasteiger partial charge in [0.15, 0.2) is 5.54 Å². The summed E-state index contributed by atoms with van der Waals surface area (Å²) in [7, 11) is 0. The van der Waals surface area contributed by atoms with Gasteiger partial charge in [-0.25, -0.2) is 0 Å². The van der Waals surface area contributed by atoms with E-state index < -0.39 is 0 Å². The largest absolute Gasteiger partial charge is 0.217 e. The molecule has 0 saturated carbocycles. The van der Waals surface area contributed by atoms with Gasteiger partial charge in [-0.2, -0.15) is 4.58 Å². The van der Waals surface area contributed by atoms with Crippen molar-refractivity contribution in [2.45, 2.75) is 32.7 Å². The van der Waals surface area contributed by atoms with Crippen LogP contribution >= 0.6 is 11.6 Å². The predicted octanol–water partition coefficient (Wildman–Crippen LogP) is 5.07. The fraction of sp³-hybridized carbons (Fsp3) is 0.278. The van der Waals surface area contributed by atoms with Gasteiger partial charge < -0.3 is 0 Å². The lowest BCUT2D eigenvalue weighted by Gasteiger charge is -2.16. The van der Waals surface area contributed by atoms with Crippen molar-refractivity contribution < 1.29 is 4.58 Å². The molecule has 20 heavy (non-hydrogen) atoms. The normalized spacial score (nSPS) is 21.1. The first-order valence-corrected chi connectivity index (χ1v) is 7.47. The Hall–Kier alpha value is -1.60. The van der Waals surface area contributed by atoms with Crippen molar-refractivity contribution in [1.82, 2.24) is 0 Å². The maximum Gasteiger partial charge on any atom is 0.217 e. The summed E-state index contributed by atoms with van der Waals surface area (Å²) in [5.74, 6) is 0. The molecule has 1 nitrogen and oxygen atoms in total. The van der Waals surface area contributed by atoms with Gasteiger partial charge in [-0.15, -0.1) is 0 Å². The standard InChI is InChI=1S/C18H17ClN/c1-4-11-10-18(2,3)20-15-9-8-14(19)12-6-5-7-13(16(12)15)17(11)20/h4-9H,10H2,1-3H3/q+1. The highest BCUT2D eigenvalue weighted by molar-refractivity contribution is 6.37. The van der Waals surface area contributed by atoms with E-state index in [2.05, 4.69) is 55.7 Å². The van der Waals surface area contributed by atoms with Crippen LogP contribution in [0.15, 0.2) is 42.0 Å². The van der Waals surface area contributed by atoms with Crippen LogP contribution in [0, 0.1) is 0 Å². The highest BCUT2D eigenvalue weighted by atomic mass is 35.5. The van der Waals surface area contributed by atoms with Gasteiger partial charge in [0.1, 0.15) is 0 Å². The highest BCUT2D eigenvalue weighted by Gasteiger charge is 2.49. The number of rotatable bonds is 0. The maximum atomic E-state index is 6.38. The molecule has 0 bridgehead atoms. The summed E-state index contributed by atoms with van der Waals surface area (Å²) in [5, 5.41) is 3.31. The number of hydrogen-bond donors (Lipinski definition) is 0. The Morgan fingerprint density at radius 2 is 2.00 bits per heavy atom. The molecule has 100 valence electrons. The van der Waals surface area contributed by atoms with E-state index in [0.29, 0.717) is 0 Å². The van der Waals surface area contributed by atoms with Gasteiger partial charge in [-0.1, -0.05) is 29.8 Å². The zero-order chi connectivity index (χ0) is 14.1. The van der Waals surface area contributed by atoms with Crippen LogP contribution in [0.3, 0.4) is 0 Å². The van der Waals surface area contributed by atoms with Crippen molar-refractivity contribution in [2.24, 2.45) is 0 Å². The van der Waals surface area contributed by atoms with E-state index in [0.717, 1.165) is 16.8 Å². The first-order valence-electron chi connectivity index (χ1n) is 7.09. The summed E-state index contributed by atoms with van der Waals surface area (Å²) in [6.45, 7) is 6.77. The second kappa shape index (κ2) is 3.73. The Bertz CT molecular complexity index is 825. The molecule has 0 fully saturated rings. The molecule has 0 radical (unpaired) electrons. The Kier molecular flexibility index (Phi) is 2.27. The molecular weight excluding hydrogens is 266 g/mol. The van der Waals surface area contributed by atoms with Crippen molar-refractivity contribution in [2.75, 3.05) is 0 Å². The number of fused-ring (bicyclic) bond motifs is 2. The van der Waals surface area contributed by atoms with Crippen LogP contribution < -0.4 is 0 Å². The Morgan fingerprint density at radius 1 is 1.20 bits per heavy atom. The van der Waals surface area contributed by atoms with Crippen LogP contribution in [0.2, 0.25) is 5.02 Å².